The minimum absolute atomic E-state index is 0.0612. The molecule has 0 radical (unpaired) electrons. The average Bonchev–Trinajstić information content (AvgIpc) is 3.47. The second-order valence-electron chi connectivity index (χ2n) is 12.0. The van der Waals surface area contributed by atoms with Gasteiger partial charge in [0.25, 0.3) is 0 Å². The van der Waals surface area contributed by atoms with Crippen LogP contribution in [0.15, 0.2) is 18.2 Å². The first-order valence-electron chi connectivity index (χ1n) is 13.4. The first-order chi connectivity index (χ1) is 17.8. The molecule has 0 unspecified atom stereocenters. The molecule has 2 heterocycles. The zero-order valence-electron chi connectivity index (χ0n) is 22.7. The minimum atomic E-state index is -0.936. The molecule has 8 nitrogen and oxygen atoms in total. The highest BCUT2D eigenvalue weighted by Crippen LogP contribution is 2.47. The molecule has 0 spiro atoms. The molecule has 3 aliphatic rings. The van der Waals surface area contributed by atoms with Crippen molar-refractivity contribution in [3.8, 4) is 0 Å². The summed E-state index contributed by atoms with van der Waals surface area (Å²) in [5.41, 5.74) is -0.235. The van der Waals surface area contributed by atoms with Gasteiger partial charge in [-0.1, -0.05) is 36.2 Å². The van der Waals surface area contributed by atoms with E-state index < -0.39 is 11.7 Å². The molecule has 1 N–H and O–H groups in total. The van der Waals surface area contributed by atoms with Gasteiger partial charge in [-0.25, -0.2) is 4.79 Å². The Morgan fingerprint density at radius 2 is 1.76 bits per heavy atom. The van der Waals surface area contributed by atoms with Crippen LogP contribution < -0.4 is 0 Å². The molecule has 3 amide bonds. The number of hydrogen-bond acceptors (Lipinski definition) is 5. The molecule has 1 saturated carbocycles. The largest absolute Gasteiger partial charge is 0.449 e. The van der Waals surface area contributed by atoms with Crippen LogP contribution in [0, 0.1) is 11.3 Å². The van der Waals surface area contributed by atoms with Crippen molar-refractivity contribution in [1.82, 2.24) is 14.7 Å². The van der Waals surface area contributed by atoms with Crippen LogP contribution in [0.1, 0.15) is 64.4 Å². The highest BCUT2D eigenvalue weighted by molar-refractivity contribution is 6.42. The standard InChI is InChI=1S/C28H39Cl2N3O5/c1-27(2,37)11-14-38-26(36)31(4)23-17-33(16-20(23)19-5-6-21(29)22(30)15-19)24(34)18-7-12-32(13-8-18)25(35)28(3)9-10-28/h5-6,15,18,20,23,37H,7-14,16-17H2,1-4H3/t20-,23+/m1/s1. The Hall–Kier alpha value is -2.03. The molecule has 1 aromatic carbocycles. The molecule has 2 saturated heterocycles. The zero-order chi connectivity index (χ0) is 27.8. The summed E-state index contributed by atoms with van der Waals surface area (Å²) < 4.78 is 5.44. The number of likely N-dealkylation sites (tertiary alicyclic amines) is 2. The van der Waals surface area contributed by atoms with E-state index >= 15 is 0 Å². The molecule has 2 aliphatic heterocycles. The average molecular weight is 569 g/mol. The van der Waals surface area contributed by atoms with Crippen molar-refractivity contribution in [2.24, 2.45) is 11.3 Å². The number of benzene rings is 1. The fourth-order valence-corrected chi connectivity index (χ4v) is 5.73. The first-order valence-corrected chi connectivity index (χ1v) is 14.2. The van der Waals surface area contributed by atoms with E-state index in [0.717, 1.165) is 18.4 Å². The fourth-order valence-electron chi connectivity index (χ4n) is 5.43. The van der Waals surface area contributed by atoms with Crippen LogP contribution >= 0.6 is 23.2 Å². The zero-order valence-corrected chi connectivity index (χ0v) is 24.2. The Labute approximate surface area is 235 Å². The number of amides is 3. The topological polar surface area (TPSA) is 90.4 Å². The molecule has 2 atom stereocenters. The van der Waals surface area contributed by atoms with Crippen molar-refractivity contribution in [3.63, 3.8) is 0 Å². The van der Waals surface area contributed by atoms with Gasteiger partial charge in [-0.2, -0.15) is 0 Å². The highest BCUT2D eigenvalue weighted by atomic mass is 35.5. The molecule has 10 heteroatoms. The van der Waals surface area contributed by atoms with Crippen LogP contribution in [0.2, 0.25) is 10.0 Å². The number of aliphatic hydroxyl groups is 1. The van der Waals surface area contributed by atoms with Crippen LogP contribution in [-0.4, -0.2) is 89.2 Å². The minimum Gasteiger partial charge on any atom is -0.449 e. The van der Waals surface area contributed by atoms with Gasteiger partial charge in [-0.05, 0) is 57.2 Å². The van der Waals surface area contributed by atoms with E-state index in [4.69, 9.17) is 27.9 Å². The third-order valence-electron chi connectivity index (χ3n) is 8.35. The SMILES string of the molecule is CN(C(=O)OCCC(C)(C)O)[C@H]1CN(C(=O)C2CCN(C(=O)C3(C)CC3)CC2)C[C@@H]1c1ccc(Cl)c(Cl)c1. The smallest absolute Gasteiger partial charge is 0.409 e. The molecule has 0 aromatic heterocycles. The number of rotatable bonds is 7. The number of likely N-dealkylation sites (N-methyl/N-ethyl adjacent to an activating group) is 1. The quantitative estimate of drug-likeness (QED) is 0.521. The number of hydrogen-bond donors (Lipinski definition) is 1. The van der Waals surface area contributed by atoms with E-state index in [-0.39, 0.29) is 41.7 Å². The lowest BCUT2D eigenvalue weighted by Gasteiger charge is -2.34. The molecule has 210 valence electrons. The van der Waals surface area contributed by atoms with E-state index in [1.807, 2.05) is 22.8 Å². The van der Waals surface area contributed by atoms with Crippen molar-refractivity contribution in [2.75, 3.05) is 39.8 Å². The lowest BCUT2D eigenvalue weighted by atomic mass is 9.93. The second kappa shape index (κ2) is 11.2. The normalized spacial score (nSPS) is 23.3. The number of carbonyl (C=O) groups is 3. The summed E-state index contributed by atoms with van der Waals surface area (Å²) in [7, 11) is 1.68. The summed E-state index contributed by atoms with van der Waals surface area (Å²) in [4.78, 5) is 44.6. The Balaban J connectivity index is 1.44. The third-order valence-corrected chi connectivity index (χ3v) is 9.08. The van der Waals surface area contributed by atoms with Crippen molar-refractivity contribution < 1.29 is 24.2 Å². The van der Waals surface area contributed by atoms with Gasteiger partial charge in [-0.3, -0.25) is 9.59 Å². The van der Waals surface area contributed by atoms with Gasteiger partial charge in [0.15, 0.2) is 0 Å². The van der Waals surface area contributed by atoms with E-state index in [9.17, 15) is 19.5 Å². The molecule has 1 aromatic rings. The van der Waals surface area contributed by atoms with Crippen molar-refractivity contribution in [3.05, 3.63) is 33.8 Å². The predicted molar refractivity (Wildman–Crippen MR) is 146 cm³/mol. The molecular weight excluding hydrogens is 529 g/mol. The molecule has 1 aliphatic carbocycles. The van der Waals surface area contributed by atoms with Crippen LogP contribution in [-0.2, 0) is 14.3 Å². The molecule has 0 bridgehead atoms. The summed E-state index contributed by atoms with van der Waals surface area (Å²) in [6.45, 7) is 7.47. The van der Waals surface area contributed by atoms with Gasteiger partial charge >= 0.3 is 6.09 Å². The van der Waals surface area contributed by atoms with Gasteiger partial charge in [0.05, 0.1) is 28.3 Å². The van der Waals surface area contributed by atoms with Gasteiger partial charge in [-0.15, -0.1) is 0 Å². The number of ether oxygens (including phenoxy) is 1. The van der Waals surface area contributed by atoms with Gasteiger partial charge < -0.3 is 24.5 Å². The van der Waals surface area contributed by atoms with E-state index in [0.29, 0.717) is 55.5 Å². The van der Waals surface area contributed by atoms with Crippen molar-refractivity contribution >= 4 is 41.1 Å². The third kappa shape index (κ3) is 6.57. The van der Waals surface area contributed by atoms with Gasteiger partial charge in [0.2, 0.25) is 11.8 Å². The molecule has 4 rings (SSSR count). The van der Waals surface area contributed by atoms with E-state index in [2.05, 4.69) is 0 Å². The number of carbonyl (C=O) groups excluding carboxylic acids is 3. The van der Waals surface area contributed by atoms with Gasteiger partial charge in [0, 0.05) is 56.9 Å². The van der Waals surface area contributed by atoms with Crippen molar-refractivity contribution in [2.45, 2.75) is 70.4 Å². The summed E-state index contributed by atoms with van der Waals surface area (Å²) in [5, 5.41) is 10.8. The number of piperidine rings is 1. The van der Waals surface area contributed by atoms with E-state index in [1.165, 1.54) is 0 Å². The Morgan fingerprint density at radius 3 is 2.34 bits per heavy atom. The van der Waals surface area contributed by atoms with Crippen LogP contribution in [0.25, 0.3) is 0 Å². The van der Waals surface area contributed by atoms with Crippen LogP contribution in [0.4, 0.5) is 4.79 Å². The van der Waals surface area contributed by atoms with E-state index in [1.54, 1.807) is 37.9 Å². The lowest BCUT2D eigenvalue weighted by Crippen LogP contribution is -2.46. The fraction of sp³-hybridized carbons (Fsp3) is 0.679. The first kappa shape index (κ1) is 29.0. The maximum absolute atomic E-state index is 13.6. The summed E-state index contributed by atoms with van der Waals surface area (Å²) >= 11 is 12.5. The molecule has 38 heavy (non-hydrogen) atoms. The maximum Gasteiger partial charge on any atom is 0.409 e. The van der Waals surface area contributed by atoms with Crippen LogP contribution in [0.5, 0.6) is 0 Å². The Bertz CT molecular complexity index is 1060. The Kier molecular flexibility index (Phi) is 8.55. The molecular formula is C28H39Cl2N3O5. The monoisotopic (exact) mass is 567 g/mol. The number of nitrogens with zero attached hydrogens (tertiary/aromatic N) is 3. The van der Waals surface area contributed by atoms with Crippen LogP contribution in [0.3, 0.4) is 0 Å². The number of halogens is 2. The van der Waals surface area contributed by atoms with Gasteiger partial charge in [0.1, 0.15) is 0 Å². The lowest BCUT2D eigenvalue weighted by molar-refractivity contribution is -0.142. The molecule has 3 fully saturated rings. The maximum atomic E-state index is 13.6. The summed E-state index contributed by atoms with van der Waals surface area (Å²) in [5.74, 6) is -0.0412. The summed E-state index contributed by atoms with van der Waals surface area (Å²) in [6.07, 6.45) is 3.01. The highest BCUT2D eigenvalue weighted by Gasteiger charge is 2.48. The summed E-state index contributed by atoms with van der Waals surface area (Å²) in [6, 6.07) is 5.10. The predicted octanol–water partition coefficient (Wildman–Crippen LogP) is 4.56. The second-order valence-corrected chi connectivity index (χ2v) is 12.8. The Morgan fingerprint density at radius 1 is 1.11 bits per heavy atom. The van der Waals surface area contributed by atoms with Crippen molar-refractivity contribution in [1.29, 1.82) is 0 Å².